The molecular formula is C10H13N5OS. The number of Topliss-reactive ketones (excluding diaryl/α,β-unsaturated/α-hetero) is 1. The molecule has 0 unspecified atom stereocenters. The molecule has 0 radical (unpaired) electrons. The molecule has 0 amide bonds. The van der Waals surface area contributed by atoms with Crippen LogP contribution in [-0.2, 0) is 7.05 Å². The summed E-state index contributed by atoms with van der Waals surface area (Å²) in [7, 11) is 1.75. The molecule has 0 bridgehead atoms. The van der Waals surface area contributed by atoms with Gasteiger partial charge in [-0.25, -0.2) is 4.68 Å². The zero-order valence-corrected chi connectivity index (χ0v) is 10.7. The first-order chi connectivity index (χ1) is 8.08. The lowest BCUT2D eigenvalue weighted by Gasteiger charge is -1.99. The van der Waals surface area contributed by atoms with Crippen LogP contribution in [0.15, 0.2) is 11.2 Å². The number of carbonyl (C=O) groups excluding carboxylic acids is 1. The number of aryl methyl sites for hydroxylation is 3. The van der Waals surface area contributed by atoms with E-state index < -0.39 is 0 Å². The number of tetrazole rings is 1. The van der Waals surface area contributed by atoms with E-state index in [0.717, 1.165) is 17.0 Å². The second-order valence-corrected chi connectivity index (χ2v) is 4.73. The van der Waals surface area contributed by atoms with Crippen LogP contribution in [-0.4, -0.2) is 36.7 Å². The zero-order valence-electron chi connectivity index (χ0n) is 9.89. The molecule has 17 heavy (non-hydrogen) atoms. The minimum atomic E-state index is 0.0832. The van der Waals surface area contributed by atoms with Crippen molar-refractivity contribution in [3.8, 4) is 0 Å². The molecule has 2 heterocycles. The average molecular weight is 251 g/mol. The maximum atomic E-state index is 12.0. The molecule has 0 spiro atoms. The summed E-state index contributed by atoms with van der Waals surface area (Å²) in [5.41, 5.74) is 2.64. The van der Waals surface area contributed by atoms with E-state index in [1.54, 1.807) is 11.7 Å². The van der Waals surface area contributed by atoms with E-state index in [9.17, 15) is 4.79 Å². The van der Waals surface area contributed by atoms with Gasteiger partial charge < -0.3 is 4.98 Å². The summed E-state index contributed by atoms with van der Waals surface area (Å²) in [6, 6.07) is 1.87. The Labute approximate surface area is 103 Å². The molecule has 0 saturated heterocycles. The van der Waals surface area contributed by atoms with E-state index >= 15 is 0 Å². The van der Waals surface area contributed by atoms with Gasteiger partial charge in [0.25, 0.3) is 0 Å². The minimum Gasteiger partial charge on any atom is -0.362 e. The molecule has 2 aromatic heterocycles. The van der Waals surface area contributed by atoms with Crippen molar-refractivity contribution >= 4 is 17.5 Å². The number of hydrogen-bond donors (Lipinski definition) is 1. The first-order valence-electron chi connectivity index (χ1n) is 5.12. The Hall–Kier alpha value is -1.63. The summed E-state index contributed by atoms with van der Waals surface area (Å²) in [6.45, 7) is 3.83. The van der Waals surface area contributed by atoms with Crippen LogP contribution in [0.2, 0.25) is 0 Å². The second kappa shape index (κ2) is 4.70. The lowest BCUT2D eigenvalue weighted by Crippen LogP contribution is -2.04. The van der Waals surface area contributed by atoms with Gasteiger partial charge in [-0.2, -0.15) is 0 Å². The molecular weight excluding hydrogens is 238 g/mol. The van der Waals surface area contributed by atoms with Crippen LogP contribution in [0.5, 0.6) is 0 Å². The van der Waals surface area contributed by atoms with E-state index in [2.05, 4.69) is 20.5 Å². The van der Waals surface area contributed by atoms with Crippen molar-refractivity contribution in [2.24, 2.45) is 7.05 Å². The molecule has 0 aliphatic carbocycles. The number of aromatic amines is 1. The highest BCUT2D eigenvalue weighted by molar-refractivity contribution is 7.99. The van der Waals surface area contributed by atoms with Crippen LogP contribution in [0.1, 0.15) is 21.7 Å². The maximum absolute atomic E-state index is 12.0. The first kappa shape index (κ1) is 11.8. The Balaban J connectivity index is 2.03. The van der Waals surface area contributed by atoms with E-state index in [1.165, 1.54) is 11.8 Å². The standard InChI is InChI=1S/C10H13N5OS/c1-6-4-8(7(2)11-6)9(16)5-17-10-12-13-14-15(10)3/h4,11H,5H2,1-3H3. The van der Waals surface area contributed by atoms with Gasteiger partial charge in [-0.05, 0) is 30.3 Å². The molecule has 7 heteroatoms. The number of thioether (sulfide) groups is 1. The van der Waals surface area contributed by atoms with Crippen LogP contribution in [0.4, 0.5) is 0 Å². The lowest BCUT2D eigenvalue weighted by atomic mass is 10.2. The van der Waals surface area contributed by atoms with Crippen molar-refractivity contribution < 1.29 is 4.79 Å². The summed E-state index contributed by atoms with van der Waals surface area (Å²) < 4.78 is 1.55. The highest BCUT2D eigenvalue weighted by Gasteiger charge is 2.13. The number of carbonyl (C=O) groups is 1. The van der Waals surface area contributed by atoms with Gasteiger partial charge in [0.2, 0.25) is 5.16 Å². The van der Waals surface area contributed by atoms with E-state index in [0.29, 0.717) is 10.9 Å². The third kappa shape index (κ3) is 2.55. The number of rotatable bonds is 4. The fourth-order valence-corrected chi connectivity index (χ4v) is 2.30. The Morgan fingerprint density at radius 3 is 2.82 bits per heavy atom. The quantitative estimate of drug-likeness (QED) is 0.651. The van der Waals surface area contributed by atoms with Crippen molar-refractivity contribution in [3.05, 3.63) is 23.0 Å². The van der Waals surface area contributed by atoms with Gasteiger partial charge in [0, 0.05) is 24.0 Å². The maximum Gasteiger partial charge on any atom is 0.209 e. The Morgan fingerprint density at radius 2 is 2.29 bits per heavy atom. The minimum absolute atomic E-state index is 0.0832. The summed E-state index contributed by atoms with van der Waals surface area (Å²) in [4.78, 5) is 15.1. The predicted octanol–water partition coefficient (Wildman–Crippen LogP) is 1.13. The molecule has 2 rings (SSSR count). The molecule has 0 aromatic carbocycles. The van der Waals surface area contributed by atoms with Gasteiger partial charge in [0.05, 0.1) is 5.75 Å². The fraction of sp³-hybridized carbons (Fsp3) is 0.400. The number of nitrogens with one attached hydrogen (secondary N) is 1. The van der Waals surface area contributed by atoms with Crippen molar-refractivity contribution in [1.29, 1.82) is 0 Å². The molecule has 2 aromatic rings. The van der Waals surface area contributed by atoms with Gasteiger partial charge >= 0.3 is 0 Å². The fourth-order valence-electron chi connectivity index (χ4n) is 1.56. The van der Waals surface area contributed by atoms with Crippen molar-refractivity contribution in [1.82, 2.24) is 25.2 Å². The number of hydrogen-bond acceptors (Lipinski definition) is 5. The smallest absolute Gasteiger partial charge is 0.209 e. The molecule has 0 aliphatic rings. The summed E-state index contributed by atoms with van der Waals surface area (Å²) in [5.74, 6) is 0.423. The van der Waals surface area contributed by atoms with Crippen molar-refractivity contribution in [2.75, 3.05) is 5.75 Å². The van der Waals surface area contributed by atoms with E-state index in [1.807, 2.05) is 19.9 Å². The third-order valence-corrected chi connectivity index (χ3v) is 3.37. The van der Waals surface area contributed by atoms with Crippen LogP contribution < -0.4 is 0 Å². The third-order valence-electron chi connectivity index (χ3n) is 2.36. The first-order valence-corrected chi connectivity index (χ1v) is 6.11. The highest BCUT2D eigenvalue weighted by atomic mass is 32.2. The molecule has 1 N–H and O–H groups in total. The van der Waals surface area contributed by atoms with Crippen LogP contribution in [0.25, 0.3) is 0 Å². The monoisotopic (exact) mass is 251 g/mol. The second-order valence-electron chi connectivity index (χ2n) is 3.79. The predicted molar refractivity (Wildman–Crippen MR) is 64.1 cm³/mol. The summed E-state index contributed by atoms with van der Waals surface area (Å²) in [6.07, 6.45) is 0. The van der Waals surface area contributed by atoms with E-state index in [-0.39, 0.29) is 5.78 Å². The molecule has 6 nitrogen and oxygen atoms in total. The SMILES string of the molecule is Cc1cc(C(=O)CSc2nnnn2C)c(C)[nH]1. The van der Waals surface area contributed by atoms with E-state index in [4.69, 9.17) is 0 Å². The number of nitrogens with zero attached hydrogens (tertiary/aromatic N) is 4. The Bertz CT molecular complexity index is 545. The summed E-state index contributed by atoms with van der Waals surface area (Å²) in [5, 5.41) is 11.7. The molecule has 0 fully saturated rings. The van der Waals surface area contributed by atoms with Gasteiger partial charge in [-0.15, -0.1) is 5.10 Å². The topological polar surface area (TPSA) is 76.5 Å². The van der Waals surface area contributed by atoms with Crippen molar-refractivity contribution in [2.45, 2.75) is 19.0 Å². The lowest BCUT2D eigenvalue weighted by molar-refractivity contribution is 0.102. The molecule has 0 atom stereocenters. The molecule has 90 valence electrons. The van der Waals surface area contributed by atoms with Crippen LogP contribution >= 0.6 is 11.8 Å². The number of ketones is 1. The molecule has 0 aliphatic heterocycles. The van der Waals surface area contributed by atoms with Gasteiger partial charge in [0.1, 0.15) is 0 Å². The number of aromatic nitrogens is 5. The largest absolute Gasteiger partial charge is 0.362 e. The van der Waals surface area contributed by atoms with Gasteiger partial charge in [-0.3, -0.25) is 4.79 Å². The summed E-state index contributed by atoms with van der Waals surface area (Å²) >= 11 is 1.34. The Morgan fingerprint density at radius 1 is 1.53 bits per heavy atom. The van der Waals surface area contributed by atoms with Crippen LogP contribution in [0, 0.1) is 13.8 Å². The number of H-pyrrole nitrogens is 1. The normalized spacial score (nSPS) is 10.8. The van der Waals surface area contributed by atoms with Gasteiger partial charge in [0.15, 0.2) is 5.78 Å². The zero-order chi connectivity index (χ0) is 12.4. The average Bonchev–Trinajstić information content (AvgIpc) is 2.81. The Kier molecular flexibility index (Phi) is 3.28. The van der Waals surface area contributed by atoms with Crippen LogP contribution in [0.3, 0.4) is 0 Å². The molecule has 0 saturated carbocycles. The van der Waals surface area contributed by atoms with Gasteiger partial charge in [-0.1, -0.05) is 11.8 Å². The highest BCUT2D eigenvalue weighted by Crippen LogP contribution is 2.17. The van der Waals surface area contributed by atoms with Crippen molar-refractivity contribution in [3.63, 3.8) is 0 Å².